The monoisotopic (exact) mass is 237 g/mol. The minimum Gasteiger partial charge on any atom is -0.366 e. The zero-order chi connectivity index (χ0) is 12.7. The summed E-state index contributed by atoms with van der Waals surface area (Å²) in [4.78, 5) is 10.8. The van der Waals surface area contributed by atoms with Crippen LogP contribution in [0.3, 0.4) is 0 Å². The molecule has 0 heterocycles. The molecule has 0 radical (unpaired) electrons. The molecule has 1 aliphatic carbocycles. The number of carbonyl (C=O) groups is 1. The maximum Gasteiger partial charge on any atom is 0.136 e. The molecule has 0 spiro atoms. The first kappa shape index (κ1) is 14.0. The molecule has 1 rings (SSSR count). The quantitative estimate of drug-likeness (QED) is 0.438. The van der Waals surface area contributed by atoms with Crippen LogP contribution in [0.25, 0.3) is 0 Å². The van der Waals surface area contributed by atoms with E-state index in [1.54, 1.807) is 0 Å². The number of rotatable bonds is 6. The lowest BCUT2D eigenvalue weighted by molar-refractivity contribution is -0.119. The summed E-state index contributed by atoms with van der Waals surface area (Å²) in [5.74, 6) is -0.141. The topological polar surface area (TPSA) is 38.3 Å². The van der Waals surface area contributed by atoms with Crippen molar-refractivity contribution in [2.24, 2.45) is 5.92 Å². The van der Waals surface area contributed by atoms with Crippen LogP contribution in [0, 0.1) is 5.92 Å². The van der Waals surface area contributed by atoms with E-state index in [1.807, 2.05) is 26.1 Å². The van der Waals surface area contributed by atoms with Crippen LogP contribution in [-0.2, 0) is 9.53 Å². The van der Waals surface area contributed by atoms with E-state index in [4.69, 9.17) is 4.74 Å². The summed E-state index contributed by atoms with van der Waals surface area (Å²) in [6, 6.07) is 0. The fraction of sp³-hybridized carbons (Fsp3) is 0.643. The lowest BCUT2D eigenvalue weighted by atomic mass is 9.98. The number of nitrogens with one attached hydrogen (secondary N) is 1. The molecule has 0 saturated carbocycles. The van der Waals surface area contributed by atoms with Gasteiger partial charge in [0.05, 0.1) is 12.0 Å². The largest absolute Gasteiger partial charge is 0.366 e. The molecular weight excluding hydrogens is 214 g/mol. The van der Waals surface area contributed by atoms with Gasteiger partial charge in [-0.05, 0) is 39.3 Å². The van der Waals surface area contributed by atoms with Crippen LogP contribution in [0.15, 0.2) is 23.9 Å². The Labute approximate surface area is 104 Å². The van der Waals surface area contributed by atoms with Gasteiger partial charge < -0.3 is 14.8 Å². The zero-order valence-corrected chi connectivity index (χ0v) is 11.0. The molecule has 1 N–H and O–H groups in total. The molecule has 0 saturated heterocycles. The van der Waals surface area contributed by atoms with Crippen LogP contribution in [0.4, 0.5) is 0 Å². The number of allylic oxidation sites excluding steroid dienone is 2. The highest BCUT2D eigenvalue weighted by molar-refractivity contribution is 5.53. The fourth-order valence-corrected chi connectivity index (χ4v) is 1.85. The van der Waals surface area contributed by atoms with E-state index in [0.29, 0.717) is 0 Å². The van der Waals surface area contributed by atoms with Crippen LogP contribution in [-0.4, -0.2) is 18.6 Å². The molecule has 0 aromatic carbocycles. The molecule has 0 aromatic rings. The Morgan fingerprint density at radius 1 is 1.59 bits per heavy atom. The van der Waals surface area contributed by atoms with Gasteiger partial charge in [0.25, 0.3) is 0 Å². The molecule has 3 nitrogen and oxygen atoms in total. The Morgan fingerprint density at radius 2 is 2.35 bits per heavy atom. The third-order valence-electron chi connectivity index (χ3n) is 3.05. The van der Waals surface area contributed by atoms with Crippen LogP contribution in [0.5, 0.6) is 0 Å². The summed E-state index contributed by atoms with van der Waals surface area (Å²) >= 11 is 0. The molecule has 3 heteroatoms. The van der Waals surface area contributed by atoms with Gasteiger partial charge >= 0.3 is 0 Å². The zero-order valence-electron chi connectivity index (χ0n) is 11.0. The molecule has 96 valence electrons. The normalized spacial score (nSPS) is 24.2. The van der Waals surface area contributed by atoms with E-state index < -0.39 is 0 Å². The first-order valence-corrected chi connectivity index (χ1v) is 6.31. The van der Waals surface area contributed by atoms with Crippen molar-refractivity contribution in [3.05, 3.63) is 23.9 Å². The predicted octanol–water partition coefficient (Wildman–Crippen LogP) is 2.79. The smallest absolute Gasteiger partial charge is 0.136 e. The number of ether oxygens (including phenoxy) is 1. The van der Waals surface area contributed by atoms with Gasteiger partial charge in [0.15, 0.2) is 0 Å². The van der Waals surface area contributed by atoms with Gasteiger partial charge in [0.2, 0.25) is 0 Å². The summed E-state index contributed by atoms with van der Waals surface area (Å²) in [6.45, 7) is 5.96. The molecule has 0 amide bonds. The van der Waals surface area contributed by atoms with Crippen LogP contribution in [0.1, 0.15) is 40.0 Å². The second-order valence-corrected chi connectivity index (χ2v) is 4.67. The third kappa shape index (κ3) is 4.73. The summed E-state index contributed by atoms with van der Waals surface area (Å²) < 4.78 is 5.96. The highest BCUT2D eigenvalue weighted by atomic mass is 16.5. The molecule has 0 aliphatic heterocycles. The van der Waals surface area contributed by atoms with Gasteiger partial charge in [-0.2, -0.15) is 0 Å². The Morgan fingerprint density at radius 3 is 2.88 bits per heavy atom. The van der Waals surface area contributed by atoms with Crippen LogP contribution < -0.4 is 5.32 Å². The maximum absolute atomic E-state index is 10.8. The number of hydrogen-bond acceptors (Lipinski definition) is 3. The third-order valence-corrected chi connectivity index (χ3v) is 3.05. The summed E-state index contributed by atoms with van der Waals surface area (Å²) in [6.07, 6.45) is 9.98. The lowest BCUT2D eigenvalue weighted by Crippen LogP contribution is -2.38. The van der Waals surface area contributed by atoms with Crippen molar-refractivity contribution < 1.29 is 9.53 Å². The standard InChI is InChI=1S/C14H23NO2/c1-4-9-15-14(12(3)10-16)17-13-7-5-11(2)6-8-13/h4-5,9-10,12-15H,6-8H2,1-3H3/b9-4-. The second kappa shape index (κ2) is 7.28. The minimum absolute atomic E-state index is 0.141. The van der Waals surface area contributed by atoms with E-state index in [-0.39, 0.29) is 18.2 Å². The predicted molar refractivity (Wildman–Crippen MR) is 69.4 cm³/mol. The first-order valence-electron chi connectivity index (χ1n) is 6.31. The molecule has 1 aliphatic rings. The number of aldehydes is 1. The van der Waals surface area contributed by atoms with E-state index in [1.165, 1.54) is 5.57 Å². The average Bonchev–Trinajstić information content (AvgIpc) is 2.36. The molecule has 3 atom stereocenters. The maximum atomic E-state index is 10.8. The van der Waals surface area contributed by atoms with Gasteiger partial charge in [-0.1, -0.05) is 24.6 Å². The van der Waals surface area contributed by atoms with E-state index >= 15 is 0 Å². The Balaban J connectivity index is 2.50. The van der Waals surface area contributed by atoms with Crippen molar-refractivity contribution >= 4 is 6.29 Å². The molecule has 0 fully saturated rings. The molecular formula is C14H23NO2. The van der Waals surface area contributed by atoms with Gasteiger partial charge in [-0.3, -0.25) is 0 Å². The molecule has 0 bridgehead atoms. The summed E-state index contributed by atoms with van der Waals surface area (Å²) in [7, 11) is 0. The Kier molecular flexibility index (Phi) is 5.98. The average molecular weight is 237 g/mol. The SMILES string of the molecule is C/C=C\NC(OC1CC=C(C)CC1)C(C)C=O. The second-order valence-electron chi connectivity index (χ2n) is 4.67. The van der Waals surface area contributed by atoms with Gasteiger partial charge in [-0.25, -0.2) is 0 Å². The van der Waals surface area contributed by atoms with E-state index in [2.05, 4.69) is 18.3 Å². The van der Waals surface area contributed by atoms with Gasteiger partial charge in [-0.15, -0.1) is 0 Å². The minimum atomic E-state index is -0.222. The van der Waals surface area contributed by atoms with Crippen molar-refractivity contribution in [3.8, 4) is 0 Å². The van der Waals surface area contributed by atoms with Crippen molar-refractivity contribution in [1.82, 2.24) is 5.32 Å². The van der Waals surface area contributed by atoms with Crippen molar-refractivity contribution in [3.63, 3.8) is 0 Å². The lowest BCUT2D eigenvalue weighted by Gasteiger charge is -2.28. The molecule has 0 aromatic heterocycles. The highest BCUT2D eigenvalue weighted by Gasteiger charge is 2.22. The van der Waals surface area contributed by atoms with Crippen LogP contribution in [0.2, 0.25) is 0 Å². The van der Waals surface area contributed by atoms with Gasteiger partial charge in [0, 0.05) is 0 Å². The first-order chi connectivity index (χ1) is 8.17. The van der Waals surface area contributed by atoms with E-state index in [0.717, 1.165) is 25.5 Å². The summed E-state index contributed by atoms with van der Waals surface area (Å²) in [5.41, 5.74) is 1.44. The number of hydrogen-bond donors (Lipinski definition) is 1. The molecule has 3 unspecified atom stereocenters. The Bertz CT molecular complexity index is 297. The van der Waals surface area contributed by atoms with Crippen molar-refractivity contribution in [1.29, 1.82) is 0 Å². The summed E-state index contributed by atoms with van der Waals surface area (Å²) in [5, 5.41) is 3.12. The van der Waals surface area contributed by atoms with Crippen LogP contribution >= 0.6 is 0 Å². The van der Waals surface area contributed by atoms with Crippen molar-refractivity contribution in [2.45, 2.75) is 52.4 Å². The fourth-order valence-electron chi connectivity index (χ4n) is 1.85. The highest BCUT2D eigenvalue weighted by Crippen LogP contribution is 2.22. The molecule has 17 heavy (non-hydrogen) atoms. The van der Waals surface area contributed by atoms with Gasteiger partial charge in [0.1, 0.15) is 12.5 Å². The van der Waals surface area contributed by atoms with E-state index in [9.17, 15) is 4.79 Å². The van der Waals surface area contributed by atoms with Crippen molar-refractivity contribution in [2.75, 3.05) is 0 Å². The number of carbonyl (C=O) groups excluding carboxylic acids is 1. The Hall–Kier alpha value is -1.09.